The molecule has 0 aliphatic carbocycles. The van der Waals surface area contributed by atoms with Crippen LogP contribution in [0.4, 0.5) is 5.69 Å². The molecule has 19 heavy (non-hydrogen) atoms. The van der Waals surface area contributed by atoms with Crippen LogP contribution in [0, 0.1) is 0 Å². The van der Waals surface area contributed by atoms with Crippen LogP contribution >= 0.6 is 0 Å². The molecule has 1 aromatic rings. The maximum atomic E-state index is 5.74. The van der Waals surface area contributed by atoms with Gasteiger partial charge in [-0.2, -0.15) is 0 Å². The molecule has 1 saturated heterocycles. The molecule has 2 heterocycles. The Morgan fingerprint density at radius 1 is 1.47 bits per heavy atom. The molecule has 0 saturated carbocycles. The summed E-state index contributed by atoms with van der Waals surface area (Å²) in [6.07, 6.45) is 3.02. The Balaban J connectivity index is 1.94. The van der Waals surface area contributed by atoms with Gasteiger partial charge >= 0.3 is 0 Å². The molecular formula is C15H25N3O. The molecule has 4 heteroatoms. The van der Waals surface area contributed by atoms with Crippen LogP contribution in [-0.2, 0) is 11.3 Å². The Kier molecular flexibility index (Phi) is 4.77. The topological polar surface area (TPSA) is 37.4 Å². The molecule has 0 atom stereocenters. The van der Waals surface area contributed by atoms with Crippen molar-refractivity contribution in [1.29, 1.82) is 0 Å². The summed E-state index contributed by atoms with van der Waals surface area (Å²) in [5.41, 5.74) is 2.24. The summed E-state index contributed by atoms with van der Waals surface area (Å²) in [4.78, 5) is 6.88. The molecule has 0 radical (unpaired) electrons. The molecule has 0 aromatic carbocycles. The van der Waals surface area contributed by atoms with Gasteiger partial charge in [-0.3, -0.25) is 9.88 Å². The van der Waals surface area contributed by atoms with E-state index >= 15 is 0 Å². The van der Waals surface area contributed by atoms with Crippen LogP contribution in [0.5, 0.6) is 0 Å². The molecule has 1 aliphatic rings. The highest BCUT2D eigenvalue weighted by Crippen LogP contribution is 2.18. The SMILES string of the molecule is CCCNc1ccnc(CN2CCOC(C)(C)C2)c1. The highest BCUT2D eigenvalue weighted by atomic mass is 16.5. The first-order valence-corrected chi connectivity index (χ1v) is 7.14. The summed E-state index contributed by atoms with van der Waals surface area (Å²) in [6.45, 7) is 11.1. The molecule has 1 N–H and O–H groups in total. The minimum Gasteiger partial charge on any atom is -0.385 e. The van der Waals surface area contributed by atoms with Crippen molar-refractivity contribution in [2.75, 3.05) is 31.6 Å². The van der Waals surface area contributed by atoms with E-state index in [0.29, 0.717) is 0 Å². The van der Waals surface area contributed by atoms with Crippen molar-refractivity contribution < 1.29 is 4.74 Å². The summed E-state index contributed by atoms with van der Waals surface area (Å²) < 4.78 is 5.74. The Morgan fingerprint density at radius 3 is 3.05 bits per heavy atom. The number of rotatable bonds is 5. The zero-order valence-corrected chi connectivity index (χ0v) is 12.3. The van der Waals surface area contributed by atoms with Crippen LogP contribution < -0.4 is 5.32 Å². The number of ether oxygens (including phenoxy) is 1. The van der Waals surface area contributed by atoms with Gasteiger partial charge < -0.3 is 10.1 Å². The van der Waals surface area contributed by atoms with Gasteiger partial charge in [-0.1, -0.05) is 6.92 Å². The highest BCUT2D eigenvalue weighted by Gasteiger charge is 2.27. The fraction of sp³-hybridized carbons (Fsp3) is 0.667. The Bertz CT molecular complexity index is 406. The molecule has 4 nitrogen and oxygen atoms in total. The number of pyridine rings is 1. The predicted octanol–water partition coefficient (Wildman–Crippen LogP) is 2.51. The van der Waals surface area contributed by atoms with Crippen molar-refractivity contribution in [2.45, 2.75) is 39.3 Å². The normalized spacial score (nSPS) is 19.3. The largest absolute Gasteiger partial charge is 0.385 e. The average Bonchev–Trinajstić information content (AvgIpc) is 2.35. The maximum Gasteiger partial charge on any atom is 0.0753 e. The highest BCUT2D eigenvalue weighted by molar-refractivity contribution is 5.43. The van der Waals surface area contributed by atoms with Crippen LogP contribution in [-0.4, -0.2) is 41.7 Å². The van der Waals surface area contributed by atoms with E-state index in [1.807, 2.05) is 12.3 Å². The standard InChI is InChI=1S/C15H25N3O/c1-4-6-16-13-5-7-17-14(10-13)11-18-8-9-19-15(2,3)12-18/h5,7,10H,4,6,8-9,11-12H2,1-3H3,(H,16,17). The third-order valence-corrected chi connectivity index (χ3v) is 3.29. The van der Waals surface area contributed by atoms with Crippen LogP contribution in [0.2, 0.25) is 0 Å². The first kappa shape index (κ1) is 14.3. The lowest BCUT2D eigenvalue weighted by Crippen LogP contribution is -2.47. The van der Waals surface area contributed by atoms with Crippen molar-refractivity contribution in [2.24, 2.45) is 0 Å². The summed E-state index contributed by atoms with van der Waals surface area (Å²) in [6, 6.07) is 4.18. The van der Waals surface area contributed by atoms with Crippen LogP contribution in [0.3, 0.4) is 0 Å². The zero-order valence-electron chi connectivity index (χ0n) is 12.3. The fourth-order valence-corrected chi connectivity index (χ4v) is 2.42. The van der Waals surface area contributed by atoms with Crippen molar-refractivity contribution in [3.05, 3.63) is 24.0 Å². The minimum absolute atomic E-state index is 0.0453. The van der Waals surface area contributed by atoms with E-state index in [2.05, 4.69) is 42.0 Å². The van der Waals surface area contributed by atoms with Gasteiger partial charge in [-0.05, 0) is 32.4 Å². The van der Waals surface area contributed by atoms with Crippen LogP contribution in [0.1, 0.15) is 32.9 Å². The Hall–Kier alpha value is -1.13. The molecule has 1 aromatic heterocycles. The quantitative estimate of drug-likeness (QED) is 0.886. The minimum atomic E-state index is -0.0453. The van der Waals surface area contributed by atoms with Crippen molar-refractivity contribution in [3.63, 3.8) is 0 Å². The molecule has 1 aliphatic heterocycles. The number of nitrogens with zero attached hydrogens (tertiary/aromatic N) is 2. The Morgan fingerprint density at radius 2 is 2.32 bits per heavy atom. The van der Waals surface area contributed by atoms with Crippen molar-refractivity contribution in [1.82, 2.24) is 9.88 Å². The first-order chi connectivity index (χ1) is 9.09. The van der Waals surface area contributed by atoms with Gasteiger partial charge in [0.1, 0.15) is 0 Å². The van der Waals surface area contributed by atoms with E-state index in [0.717, 1.165) is 44.9 Å². The molecule has 106 valence electrons. The number of hydrogen-bond acceptors (Lipinski definition) is 4. The Labute approximate surface area is 116 Å². The lowest BCUT2D eigenvalue weighted by molar-refractivity contribution is -0.0885. The lowest BCUT2D eigenvalue weighted by atomic mass is 10.1. The summed E-state index contributed by atoms with van der Waals surface area (Å²) in [7, 11) is 0. The number of morpholine rings is 1. The predicted molar refractivity (Wildman–Crippen MR) is 78.3 cm³/mol. The third kappa shape index (κ3) is 4.48. The number of aromatic nitrogens is 1. The summed E-state index contributed by atoms with van der Waals surface area (Å²) >= 11 is 0. The van der Waals surface area contributed by atoms with Crippen molar-refractivity contribution >= 4 is 5.69 Å². The van der Waals surface area contributed by atoms with E-state index in [4.69, 9.17) is 4.74 Å². The molecule has 1 fully saturated rings. The molecule has 2 rings (SSSR count). The number of nitrogens with one attached hydrogen (secondary N) is 1. The van der Waals surface area contributed by atoms with Gasteiger partial charge in [-0.15, -0.1) is 0 Å². The van der Waals surface area contributed by atoms with Crippen LogP contribution in [0.15, 0.2) is 18.3 Å². The second-order valence-electron chi connectivity index (χ2n) is 5.78. The monoisotopic (exact) mass is 263 g/mol. The number of hydrogen-bond donors (Lipinski definition) is 1. The first-order valence-electron chi connectivity index (χ1n) is 7.14. The van der Waals surface area contributed by atoms with Gasteiger partial charge in [-0.25, -0.2) is 0 Å². The van der Waals surface area contributed by atoms with Crippen LogP contribution in [0.25, 0.3) is 0 Å². The fourth-order valence-electron chi connectivity index (χ4n) is 2.42. The molecule has 0 unspecified atom stereocenters. The zero-order chi connectivity index (χ0) is 13.7. The second-order valence-corrected chi connectivity index (χ2v) is 5.78. The molecule has 0 amide bonds. The van der Waals surface area contributed by atoms with E-state index in [1.165, 1.54) is 5.69 Å². The van der Waals surface area contributed by atoms with E-state index < -0.39 is 0 Å². The van der Waals surface area contributed by atoms with Gasteiger partial charge in [0.2, 0.25) is 0 Å². The second kappa shape index (κ2) is 6.35. The lowest BCUT2D eigenvalue weighted by Gasteiger charge is -2.38. The summed E-state index contributed by atoms with van der Waals surface area (Å²) in [5.74, 6) is 0. The van der Waals surface area contributed by atoms with Gasteiger partial charge in [0, 0.05) is 38.1 Å². The average molecular weight is 263 g/mol. The van der Waals surface area contributed by atoms with Gasteiger partial charge in [0.05, 0.1) is 17.9 Å². The maximum absolute atomic E-state index is 5.74. The van der Waals surface area contributed by atoms with E-state index in [-0.39, 0.29) is 5.60 Å². The van der Waals surface area contributed by atoms with Gasteiger partial charge in [0.25, 0.3) is 0 Å². The third-order valence-electron chi connectivity index (χ3n) is 3.29. The van der Waals surface area contributed by atoms with Gasteiger partial charge in [0.15, 0.2) is 0 Å². The summed E-state index contributed by atoms with van der Waals surface area (Å²) in [5, 5.41) is 3.41. The van der Waals surface area contributed by atoms with E-state index in [9.17, 15) is 0 Å². The van der Waals surface area contributed by atoms with Crippen molar-refractivity contribution in [3.8, 4) is 0 Å². The number of anilines is 1. The smallest absolute Gasteiger partial charge is 0.0753 e. The molecular weight excluding hydrogens is 238 g/mol. The molecule has 0 spiro atoms. The van der Waals surface area contributed by atoms with E-state index in [1.54, 1.807) is 0 Å². The molecule has 0 bridgehead atoms.